The molecule has 3 rings (SSSR count). The van der Waals surface area contributed by atoms with Gasteiger partial charge in [0.05, 0.1) is 6.20 Å². The number of anilines is 2. The summed E-state index contributed by atoms with van der Waals surface area (Å²) in [5, 5.41) is 15.2. The smallest absolute Gasteiger partial charge is 0.244 e. The van der Waals surface area contributed by atoms with Crippen molar-refractivity contribution in [3.63, 3.8) is 0 Å². The lowest BCUT2D eigenvalue weighted by Gasteiger charge is -2.13. The van der Waals surface area contributed by atoms with Gasteiger partial charge in [-0.3, -0.25) is 0 Å². The van der Waals surface area contributed by atoms with Gasteiger partial charge in [0, 0.05) is 18.1 Å². The van der Waals surface area contributed by atoms with Crippen molar-refractivity contribution in [2.75, 3.05) is 17.2 Å². The fourth-order valence-electron chi connectivity index (χ4n) is 2.76. The molecule has 1 heterocycles. The minimum atomic E-state index is 0.497. The Kier molecular flexibility index (Phi) is 6.01. The van der Waals surface area contributed by atoms with E-state index >= 15 is 0 Å². The Labute approximate surface area is 147 Å². The quantitative estimate of drug-likeness (QED) is 0.728. The molecule has 1 aromatic heterocycles. The molecule has 5 nitrogen and oxygen atoms in total. The van der Waals surface area contributed by atoms with E-state index in [9.17, 15) is 0 Å². The van der Waals surface area contributed by atoms with Gasteiger partial charge in [0.25, 0.3) is 0 Å². The van der Waals surface area contributed by atoms with Crippen LogP contribution in [0, 0.1) is 0 Å². The van der Waals surface area contributed by atoms with Crippen LogP contribution in [0.3, 0.4) is 0 Å². The summed E-state index contributed by atoms with van der Waals surface area (Å²) in [5.74, 6) is 1.24. The molecule has 0 fully saturated rings. The molecule has 2 N–H and O–H groups in total. The Morgan fingerprint density at radius 2 is 2.04 bits per heavy atom. The molecule has 0 amide bonds. The van der Waals surface area contributed by atoms with E-state index in [2.05, 4.69) is 31.9 Å². The maximum atomic E-state index is 6.15. The molecule has 0 radical (unpaired) electrons. The normalized spacial score (nSPS) is 14.1. The predicted octanol–water partition coefficient (Wildman–Crippen LogP) is 4.44. The zero-order chi connectivity index (χ0) is 16.6. The molecule has 0 atom stereocenters. The Hall–Kier alpha value is -2.14. The lowest BCUT2D eigenvalue weighted by Crippen LogP contribution is -2.10. The summed E-state index contributed by atoms with van der Waals surface area (Å²) < 4.78 is 0. The van der Waals surface area contributed by atoms with E-state index in [1.807, 2.05) is 24.3 Å². The SMILES string of the molecule is Clc1ccccc1CNc1nncc(NCCC2=CCCCC2)n1. The first kappa shape index (κ1) is 16.7. The average Bonchev–Trinajstić information content (AvgIpc) is 2.62. The van der Waals surface area contributed by atoms with Crippen LogP contribution < -0.4 is 10.6 Å². The molecule has 6 heteroatoms. The van der Waals surface area contributed by atoms with Crippen molar-refractivity contribution in [2.45, 2.75) is 38.6 Å². The Morgan fingerprint density at radius 1 is 1.12 bits per heavy atom. The molecule has 2 aromatic rings. The van der Waals surface area contributed by atoms with Crippen molar-refractivity contribution >= 4 is 23.4 Å². The maximum absolute atomic E-state index is 6.15. The molecule has 24 heavy (non-hydrogen) atoms. The van der Waals surface area contributed by atoms with Crippen LogP contribution in [0.5, 0.6) is 0 Å². The fourth-order valence-corrected chi connectivity index (χ4v) is 2.97. The highest BCUT2D eigenvalue weighted by Gasteiger charge is 2.05. The van der Waals surface area contributed by atoms with Crippen LogP contribution in [-0.2, 0) is 6.54 Å². The van der Waals surface area contributed by atoms with Crippen LogP contribution in [0.1, 0.15) is 37.7 Å². The van der Waals surface area contributed by atoms with Crippen molar-refractivity contribution in [3.05, 3.63) is 52.7 Å². The molecule has 0 aliphatic heterocycles. The largest absolute Gasteiger partial charge is 0.368 e. The molecule has 0 unspecified atom stereocenters. The minimum absolute atomic E-state index is 0.497. The van der Waals surface area contributed by atoms with Gasteiger partial charge in [0.15, 0.2) is 5.82 Å². The molecule has 0 bridgehead atoms. The summed E-state index contributed by atoms with van der Waals surface area (Å²) in [7, 11) is 0. The first-order chi connectivity index (χ1) is 11.8. The molecule has 1 aromatic carbocycles. The van der Waals surface area contributed by atoms with Gasteiger partial charge in [-0.05, 0) is 43.7 Å². The van der Waals surface area contributed by atoms with E-state index in [0.29, 0.717) is 12.5 Å². The third kappa shape index (κ3) is 4.93. The zero-order valence-electron chi connectivity index (χ0n) is 13.6. The molecular weight excluding hydrogens is 322 g/mol. The third-order valence-electron chi connectivity index (χ3n) is 4.09. The molecule has 0 spiro atoms. The van der Waals surface area contributed by atoms with Gasteiger partial charge in [0.2, 0.25) is 5.95 Å². The number of allylic oxidation sites excluding steroid dienone is 1. The Balaban J connectivity index is 1.50. The highest BCUT2D eigenvalue weighted by atomic mass is 35.5. The van der Waals surface area contributed by atoms with E-state index in [0.717, 1.165) is 29.4 Å². The molecule has 1 aliphatic carbocycles. The van der Waals surface area contributed by atoms with E-state index in [1.54, 1.807) is 11.8 Å². The average molecular weight is 344 g/mol. The van der Waals surface area contributed by atoms with Crippen molar-refractivity contribution in [3.8, 4) is 0 Å². The van der Waals surface area contributed by atoms with Gasteiger partial charge in [-0.2, -0.15) is 10.1 Å². The van der Waals surface area contributed by atoms with E-state index in [4.69, 9.17) is 11.6 Å². The second kappa shape index (κ2) is 8.64. The van der Waals surface area contributed by atoms with Crippen LogP contribution in [0.15, 0.2) is 42.1 Å². The first-order valence-electron chi connectivity index (χ1n) is 8.40. The number of halogens is 1. The van der Waals surface area contributed by atoms with Crippen LogP contribution in [0.25, 0.3) is 0 Å². The second-order valence-electron chi connectivity index (χ2n) is 5.90. The zero-order valence-corrected chi connectivity index (χ0v) is 14.4. The second-order valence-corrected chi connectivity index (χ2v) is 6.30. The highest BCUT2D eigenvalue weighted by molar-refractivity contribution is 6.31. The van der Waals surface area contributed by atoms with Crippen molar-refractivity contribution < 1.29 is 0 Å². The Bertz CT molecular complexity index is 701. The number of benzene rings is 1. The fraction of sp³-hybridized carbons (Fsp3) is 0.389. The number of hydrogen-bond donors (Lipinski definition) is 2. The summed E-state index contributed by atoms with van der Waals surface area (Å²) in [6.45, 7) is 1.44. The summed E-state index contributed by atoms with van der Waals surface area (Å²) >= 11 is 6.15. The van der Waals surface area contributed by atoms with E-state index in [1.165, 1.54) is 25.7 Å². The maximum Gasteiger partial charge on any atom is 0.244 e. The van der Waals surface area contributed by atoms with E-state index < -0.39 is 0 Å². The Morgan fingerprint density at radius 3 is 2.88 bits per heavy atom. The number of hydrogen-bond acceptors (Lipinski definition) is 5. The number of nitrogens with zero attached hydrogens (tertiary/aromatic N) is 3. The lowest BCUT2D eigenvalue weighted by atomic mass is 9.97. The summed E-state index contributed by atoms with van der Waals surface area (Å²) in [5.41, 5.74) is 2.55. The van der Waals surface area contributed by atoms with Gasteiger partial charge >= 0.3 is 0 Å². The highest BCUT2D eigenvalue weighted by Crippen LogP contribution is 2.20. The van der Waals surface area contributed by atoms with Crippen molar-refractivity contribution in [1.82, 2.24) is 15.2 Å². The minimum Gasteiger partial charge on any atom is -0.368 e. The van der Waals surface area contributed by atoms with Gasteiger partial charge < -0.3 is 10.6 Å². The number of aromatic nitrogens is 3. The van der Waals surface area contributed by atoms with Gasteiger partial charge in [0.1, 0.15) is 0 Å². The van der Waals surface area contributed by atoms with Crippen molar-refractivity contribution in [1.29, 1.82) is 0 Å². The number of nitrogens with one attached hydrogen (secondary N) is 2. The molecule has 0 saturated heterocycles. The van der Waals surface area contributed by atoms with Crippen LogP contribution in [-0.4, -0.2) is 21.7 Å². The van der Waals surface area contributed by atoms with E-state index in [-0.39, 0.29) is 0 Å². The van der Waals surface area contributed by atoms with Crippen LogP contribution >= 0.6 is 11.6 Å². The molecule has 1 aliphatic rings. The van der Waals surface area contributed by atoms with Gasteiger partial charge in [-0.25, -0.2) is 0 Å². The molecule has 126 valence electrons. The molecular formula is C18H22ClN5. The predicted molar refractivity (Wildman–Crippen MR) is 98.3 cm³/mol. The summed E-state index contributed by atoms with van der Waals surface area (Å²) in [6, 6.07) is 7.72. The number of rotatable bonds is 7. The monoisotopic (exact) mass is 343 g/mol. The van der Waals surface area contributed by atoms with Crippen LogP contribution in [0.4, 0.5) is 11.8 Å². The topological polar surface area (TPSA) is 62.7 Å². The van der Waals surface area contributed by atoms with Gasteiger partial charge in [-0.15, -0.1) is 5.10 Å². The van der Waals surface area contributed by atoms with Crippen LogP contribution in [0.2, 0.25) is 5.02 Å². The third-order valence-corrected chi connectivity index (χ3v) is 4.46. The van der Waals surface area contributed by atoms with Crippen molar-refractivity contribution in [2.24, 2.45) is 0 Å². The standard InChI is InChI=1S/C18H22ClN5/c19-16-9-5-4-8-15(16)12-21-18-23-17(13-22-24-18)20-11-10-14-6-2-1-3-7-14/h4-6,8-9,13H,1-3,7,10-12H2,(H2,20,21,23,24). The lowest BCUT2D eigenvalue weighted by molar-refractivity contribution is 0.679. The van der Waals surface area contributed by atoms with Gasteiger partial charge in [-0.1, -0.05) is 41.4 Å². The first-order valence-corrected chi connectivity index (χ1v) is 8.78. The summed E-state index contributed by atoms with van der Waals surface area (Å²) in [4.78, 5) is 4.44. The summed E-state index contributed by atoms with van der Waals surface area (Å²) in [6.07, 6.45) is 10.2. The molecule has 0 saturated carbocycles.